The number of amides is 3. The molecule has 5 atom stereocenters. The average molecular weight is 456 g/mol. The maximum Gasteiger partial charge on any atom is 0.326 e. The van der Waals surface area contributed by atoms with Gasteiger partial charge in [0.2, 0.25) is 11.8 Å². The molecule has 1 saturated heterocycles. The Bertz CT molecular complexity index is 977. The van der Waals surface area contributed by atoms with Gasteiger partial charge in [-0.2, -0.15) is 0 Å². The van der Waals surface area contributed by atoms with E-state index in [0.717, 1.165) is 0 Å². The Morgan fingerprint density at radius 2 is 1.94 bits per heavy atom. The normalized spacial score (nSPS) is 23.0. The highest BCUT2D eigenvalue weighted by atomic mass is 16.4. The Morgan fingerprint density at radius 3 is 2.52 bits per heavy atom. The van der Waals surface area contributed by atoms with Crippen LogP contribution in [0, 0.1) is 17.8 Å². The molecule has 10 heteroatoms. The number of aromatic nitrogens is 2. The van der Waals surface area contributed by atoms with Crippen molar-refractivity contribution in [2.75, 3.05) is 6.54 Å². The summed E-state index contributed by atoms with van der Waals surface area (Å²) < 4.78 is 0. The zero-order valence-corrected chi connectivity index (χ0v) is 18.9. The predicted octanol–water partition coefficient (Wildman–Crippen LogP) is 0.780. The third-order valence-corrected chi connectivity index (χ3v) is 6.08. The fourth-order valence-electron chi connectivity index (χ4n) is 4.36. The number of carbonyl (C=O) groups excluding carboxylic acids is 3. The number of carboxylic acids is 1. The molecule has 3 amide bonds. The van der Waals surface area contributed by atoms with Crippen LogP contribution in [-0.2, 0) is 14.4 Å². The quantitative estimate of drug-likeness (QED) is 0.492. The molecule has 2 heterocycles. The van der Waals surface area contributed by atoms with Crippen LogP contribution in [-0.4, -0.2) is 68.3 Å². The highest BCUT2D eigenvalue weighted by Crippen LogP contribution is 2.38. The number of nitrogens with zero attached hydrogens (tertiary/aromatic N) is 3. The van der Waals surface area contributed by atoms with E-state index in [4.69, 9.17) is 0 Å². The molecule has 0 saturated carbocycles. The first-order valence-electron chi connectivity index (χ1n) is 10.8. The summed E-state index contributed by atoms with van der Waals surface area (Å²) in [6.07, 6.45) is 8.57. The molecule has 0 bridgehead atoms. The Labute approximate surface area is 192 Å². The summed E-state index contributed by atoms with van der Waals surface area (Å²) in [6, 6.07) is -3.03. The molecular weight excluding hydrogens is 426 g/mol. The van der Waals surface area contributed by atoms with E-state index in [9.17, 15) is 24.3 Å². The minimum atomic E-state index is -1.11. The molecule has 0 aromatic carbocycles. The van der Waals surface area contributed by atoms with Gasteiger partial charge in [-0.1, -0.05) is 32.6 Å². The van der Waals surface area contributed by atoms with E-state index >= 15 is 0 Å². The van der Waals surface area contributed by atoms with Crippen molar-refractivity contribution in [3.8, 4) is 0 Å². The van der Waals surface area contributed by atoms with E-state index in [1.807, 2.05) is 12.2 Å². The zero-order chi connectivity index (χ0) is 24.3. The van der Waals surface area contributed by atoms with Crippen LogP contribution in [0.4, 0.5) is 0 Å². The van der Waals surface area contributed by atoms with Gasteiger partial charge in [0.1, 0.15) is 23.8 Å². The lowest BCUT2D eigenvalue weighted by Gasteiger charge is -2.30. The molecule has 1 aliphatic carbocycles. The van der Waals surface area contributed by atoms with Crippen LogP contribution in [0.15, 0.2) is 42.9 Å². The topological polar surface area (TPSA) is 142 Å². The van der Waals surface area contributed by atoms with Crippen molar-refractivity contribution in [2.24, 2.45) is 17.8 Å². The van der Waals surface area contributed by atoms with Crippen LogP contribution in [0.1, 0.15) is 37.7 Å². The van der Waals surface area contributed by atoms with Gasteiger partial charge in [0.15, 0.2) is 0 Å². The lowest BCUT2D eigenvalue weighted by Crippen LogP contribution is -2.57. The number of rotatable bonds is 8. The molecular formula is C23H29N5O5. The molecule has 1 aromatic heterocycles. The Kier molecular flexibility index (Phi) is 7.25. The monoisotopic (exact) mass is 455 g/mol. The number of fused-ring (bicyclic) bond motifs is 1. The average Bonchev–Trinajstić information content (AvgIpc) is 3.36. The third-order valence-electron chi connectivity index (χ3n) is 6.08. The summed E-state index contributed by atoms with van der Waals surface area (Å²) in [6.45, 7) is 9.21. The van der Waals surface area contributed by atoms with Gasteiger partial charge in [0.25, 0.3) is 5.91 Å². The highest BCUT2D eigenvalue weighted by Gasteiger charge is 2.49. The fraction of sp³-hybridized carbons (Fsp3) is 0.478. The first kappa shape index (κ1) is 24.1. The number of carboxylic acid groups (broad SMARTS) is 1. The smallest absolute Gasteiger partial charge is 0.326 e. The number of hydrogen-bond donors (Lipinski definition) is 3. The SMILES string of the molecule is C=C(C)[C@H](NC(=O)[C@@H](NC(=O)c1cnccn1)C(C)C)C(=O)N1C[C@@H]2C=CC[C@@H]2C1C(=O)O. The van der Waals surface area contributed by atoms with Crippen molar-refractivity contribution in [2.45, 2.75) is 45.3 Å². The fourth-order valence-corrected chi connectivity index (χ4v) is 4.36. The van der Waals surface area contributed by atoms with E-state index in [-0.39, 0.29) is 30.0 Å². The summed E-state index contributed by atoms with van der Waals surface area (Å²) >= 11 is 0. The first-order chi connectivity index (χ1) is 15.6. The van der Waals surface area contributed by atoms with Crippen molar-refractivity contribution < 1.29 is 24.3 Å². The molecule has 0 radical (unpaired) electrons. The summed E-state index contributed by atoms with van der Waals surface area (Å²) in [5.74, 6) is -3.23. The van der Waals surface area contributed by atoms with E-state index in [1.165, 1.54) is 23.5 Å². The first-order valence-corrected chi connectivity index (χ1v) is 10.8. The van der Waals surface area contributed by atoms with Crippen molar-refractivity contribution >= 4 is 23.7 Å². The Hall–Kier alpha value is -3.56. The molecule has 3 rings (SSSR count). The minimum Gasteiger partial charge on any atom is -0.480 e. The zero-order valence-electron chi connectivity index (χ0n) is 18.9. The van der Waals surface area contributed by atoms with Crippen LogP contribution < -0.4 is 10.6 Å². The number of nitrogens with one attached hydrogen (secondary N) is 2. The lowest BCUT2D eigenvalue weighted by atomic mass is 9.93. The number of likely N-dealkylation sites (tertiary alicyclic amines) is 1. The van der Waals surface area contributed by atoms with E-state index in [2.05, 4.69) is 27.2 Å². The van der Waals surface area contributed by atoms with Crippen LogP contribution in [0.25, 0.3) is 0 Å². The Balaban J connectivity index is 1.76. The second-order valence-electron chi connectivity index (χ2n) is 8.84. The van der Waals surface area contributed by atoms with Crippen molar-refractivity contribution in [1.29, 1.82) is 0 Å². The van der Waals surface area contributed by atoms with E-state index in [0.29, 0.717) is 12.0 Å². The maximum absolute atomic E-state index is 13.4. The minimum absolute atomic E-state index is 0.0220. The summed E-state index contributed by atoms with van der Waals surface area (Å²) in [4.78, 5) is 60.0. The van der Waals surface area contributed by atoms with Gasteiger partial charge in [0.05, 0.1) is 6.20 Å². The van der Waals surface area contributed by atoms with E-state index < -0.39 is 41.8 Å². The molecule has 1 aromatic rings. The van der Waals surface area contributed by atoms with Gasteiger partial charge in [-0.15, -0.1) is 0 Å². The molecule has 1 unspecified atom stereocenters. The van der Waals surface area contributed by atoms with Gasteiger partial charge >= 0.3 is 5.97 Å². The largest absolute Gasteiger partial charge is 0.480 e. The van der Waals surface area contributed by atoms with Crippen LogP contribution in [0.3, 0.4) is 0 Å². The summed E-state index contributed by atoms with van der Waals surface area (Å²) in [7, 11) is 0. The number of allylic oxidation sites excluding steroid dienone is 1. The number of aliphatic carboxylic acids is 1. The van der Waals surface area contributed by atoms with E-state index in [1.54, 1.807) is 20.8 Å². The second kappa shape index (κ2) is 9.93. The van der Waals surface area contributed by atoms with Gasteiger partial charge < -0.3 is 20.6 Å². The van der Waals surface area contributed by atoms with Crippen LogP contribution in [0.5, 0.6) is 0 Å². The molecule has 10 nitrogen and oxygen atoms in total. The third kappa shape index (κ3) is 5.10. The van der Waals surface area contributed by atoms with Crippen LogP contribution >= 0.6 is 0 Å². The number of carbonyl (C=O) groups is 4. The summed E-state index contributed by atoms with van der Waals surface area (Å²) in [5, 5.41) is 15.1. The van der Waals surface area contributed by atoms with Crippen LogP contribution in [0.2, 0.25) is 0 Å². The molecule has 0 spiro atoms. The molecule has 33 heavy (non-hydrogen) atoms. The second-order valence-corrected chi connectivity index (χ2v) is 8.84. The lowest BCUT2D eigenvalue weighted by molar-refractivity contribution is -0.150. The van der Waals surface area contributed by atoms with Crippen molar-refractivity contribution in [1.82, 2.24) is 25.5 Å². The maximum atomic E-state index is 13.4. The Morgan fingerprint density at radius 1 is 1.21 bits per heavy atom. The molecule has 176 valence electrons. The standard InChI is InChI=1S/C23H29N5O5/c1-12(2)17(26-20(29)16-10-24-8-9-25-16)21(30)27-18(13(3)4)22(31)28-11-14-6-5-7-15(14)19(28)23(32)33/h5-6,8-10,12,14-15,17-19H,3,7,11H2,1-2,4H3,(H,26,29)(H,27,30)(H,32,33)/t14-,15-,17-,18-,19?/m0/s1. The number of hydrogen-bond acceptors (Lipinski definition) is 6. The van der Waals surface area contributed by atoms with Gasteiger partial charge in [-0.3, -0.25) is 19.4 Å². The van der Waals surface area contributed by atoms with Crippen molar-refractivity contribution in [3.05, 3.63) is 48.6 Å². The molecule has 1 aliphatic heterocycles. The van der Waals surface area contributed by atoms with Crippen molar-refractivity contribution in [3.63, 3.8) is 0 Å². The van der Waals surface area contributed by atoms with Gasteiger partial charge in [0, 0.05) is 30.8 Å². The molecule has 1 fully saturated rings. The van der Waals surface area contributed by atoms with Gasteiger partial charge in [-0.25, -0.2) is 9.78 Å². The molecule has 2 aliphatic rings. The predicted molar refractivity (Wildman–Crippen MR) is 119 cm³/mol. The highest BCUT2D eigenvalue weighted by molar-refractivity contribution is 5.98. The molecule has 3 N–H and O–H groups in total. The summed E-state index contributed by atoms with van der Waals surface area (Å²) in [5.41, 5.74) is 0.428. The van der Waals surface area contributed by atoms with Gasteiger partial charge in [-0.05, 0) is 24.8 Å².